The average molecular weight is 450 g/mol. The summed E-state index contributed by atoms with van der Waals surface area (Å²) in [6.45, 7) is 0.234. The van der Waals surface area contributed by atoms with Crippen LogP contribution in [-0.4, -0.2) is 45.1 Å². The van der Waals surface area contributed by atoms with E-state index in [0.717, 1.165) is 5.56 Å². The van der Waals surface area contributed by atoms with Crippen molar-refractivity contribution in [3.63, 3.8) is 0 Å². The average Bonchev–Trinajstić information content (AvgIpc) is 3.37. The molecule has 2 aromatic carbocycles. The van der Waals surface area contributed by atoms with Gasteiger partial charge in [0.1, 0.15) is 11.5 Å². The van der Waals surface area contributed by atoms with Crippen LogP contribution in [-0.2, 0) is 11.3 Å². The van der Waals surface area contributed by atoms with Gasteiger partial charge in [-0.15, -0.1) is 0 Å². The molecular formula is C25H26N2O6. The van der Waals surface area contributed by atoms with Crippen molar-refractivity contribution in [2.45, 2.75) is 18.5 Å². The Kier molecular flexibility index (Phi) is 6.26. The number of furan rings is 1. The number of benzene rings is 2. The van der Waals surface area contributed by atoms with E-state index >= 15 is 0 Å². The van der Waals surface area contributed by atoms with E-state index < -0.39 is 12.0 Å². The zero-order valence-electron chi connectivity index (χ0n) is 19.0. The summed E-state index contributed by atoms with van der Waals surface area (Å²) in [4.78, 5) is 28.5. The van der Waals surface area contributed by atoms with E-state index in [0.29, 0.717) is 34.1 Å². The second-order valence-corrected chi connectivity index (χ2v) is 7.70. The lowest BCUT2D eigenvalue weighted by Crippen LogP contribution is -2.45. The lowest BCUT2D eigenvalue weighted by atomic mass is 9.79. The van der Waals surface area contributed by atoms with E-state index in [4.69, 9.17) is 18.6 Å². The Balaban J connectivity index is 1.82. The quantitative estimate of drug-likeness (QED) is 0.592. The minimum atomic E-state index is -0.689. The van der Waals surface area contributed by atoms with E-state index in [2.05, 4.69) is 5.32 Å². The van der Waals surface area contributed by atoms with Crippen LogP contribution in [0.5, 0.6) is 17.2 Å². The molecule has 0 spiro atoms. The maximum atomic E-state index is 13.6. The Morgan fingerprint density at radius 1 is 1.03 bits per heavy atom. The summed E-state index contributed by atoms with van der Waals surface area (Å²) in [7, 11) is 6.32. The van der Waals surface area contributed by atoms with Gasteiger partial charge in [-0.05, 0) is 47.5 Å². The van der Waals surface area contributed by atoms with Gasteiger partial charge in [-0.2, -0.15) is 0 Å². The number of ether oxygens (including phenoxy) is 3. The van der Waals surface area contributed by atoms with Crippen molar-refractivity contribution in [1.29, 1.82) is 0 Å². The largest absolute Gasteiger partial charge is 0.497 e. The number of hydrogen-bond donors (Lipinski definition) is 1. The van der Waals surface area contributed by atoms with Gasteiger partial charge in [-0.3, -0.25) is 9.59 Å². The first kappa shape index (κ1) is 22.3. The van der Waals surface area contributed by atoms with Crippen molar-refractivity contribution in [2.24, 2.45) is 0 Å². The molecule has 2 amide bonds. The van der Waals surface area contributed by atoms with Gasteiger partial charge in [-0.25, -0.2) is 0 Å². The fourth-order valence-electron chi connectivity index (χ4n) is 4.25. The number of nitrogens with one attached hydrogen (secondary N) is 1. The standard InChI is InChI=1S/C25H26N2O6/c1-27-23(15-7-9-16(30-2)10-8-15)22(24(28)26-14-17-6-5-11-33-17)18-12-20(31-3)21(32-4)13-19(18)25(27)29/h5-13,22-23H,14H2,1-4H3,(H,26,28)/t22-,23+/m0/s1. The van der Waals surface area contributed by atoms with Gasteiger partial charge in [0.15, 0.2) is 11.5 Å². The van der Waals surface area contributed by atoms with E-state index in [1.807, 2.05) is 24.3 Å². The maximum Gasteiger partial charge on any atom is 0.254 e. The Bertz CT molecular complexity index is 1140. The topological polar surface area (TPSA) is 90.2 Å². The van der Waals surface area contributed by atoms with E-state index in [9.17, 15) is 9.59 Å². The number of methoxy groups -OCH3 is 3. The Morgan fingerprint density at radius 3 is 2.33 bits per heavy atom. The molecule has 8 heteroatoms. The maximum absolute atomic E-state index is 13.6. The predicted octanol–water partition coefficient (Wildman–Crippen LogP) is 3.53. The molecule has 172 valence electrons. The van der Waals surface area contributed by atoms with Crippen LogP contribution < -0.4 is 19.5 Å². The van der Waals surface area contributed by atoms with Crippen LogP contribution in [0.4, 0.5) is 0 Å². The number of rotatable bonds is 7. The number of likely N-dealkylation sites (N-methyl/N-ethyl adjacent to an activating group) is 1. The summed E-state index contributed by atoms with van der Waals surface area (Å²) in [5.41, 5.74) is 1.79. The highest BCUT2D eigenvalue weighted by atomic mass is 16.5. The molecule has 3 aromatic rings. The molecule has 0 fully saturated rings. The summed E-state index contributed by atoms with van der Waals surface area (Å²) < 4.78 is 21.5. The highest BCUT2D eigenvalue weighted by Gasteiger charge is 2.43. The zero-order chi connectivity index (χ0) is 23.5. The fourth-order valence-corrected chi connectivity index (χ4v) is 4.25. The number of carbonyl (C=O) groups is 2. The van der Waals surface area contributed by atoms with E-state index in [1.54, 1.807) is 49.6 Å². The van der Waals surface area contributed by atoms with Crippen LogP contribution in [0, 0.1) is 0 Å². The van der Waals surface area contributed by atoms with Gasteiger partial charge in [0.2, 0.25) is 5.91 Å². The molecule has 1 aliphatic heterocycles. The molecule has 1 N–H and O–H groups in total. The molecule has 0 bridgehead atoms. The van der Waals surface area contributed by atoms with Crippen LogP contribution in [0.3, 0.4) is 0 Å². The summed E-state index contributed by atoms with van der Waals surface area (Å²) in [6.07, 6.45) is 1.56. The minimum Gasteiger partial charge on any atom is -0.497 e. The Labute approximate surface area is 192 Å². The first-order valence-corrected chi connectivity index (χ1v) is 10.5. The van der Waals surface area contributed by atoms with Gasteiger partial charge in [-0.1, -0.05) is 12.1 Å². The second-order valence-electron chi connectivity index (χ2n) is 7.70. The number of hydrogen-bond acceptors (Lipinski definition) is 6. The molecule has 1 aliphatic rings. The molecule has 2 heterocycles. The molecule has 0 saturated carbocycles. The first-order chi connectivity index (χ1) is 16.0. The van der Waals surface area contributed by atoms with Gasteiger partial charge < -0.3 is 28.8 Å². The normalized spacial score (nSPS) is 17.3. The van der Waals surface area contributed by atoms with Crippen molar-refractivity contribution in [3.05, 3.63) is 77.2 Å². The minimum absolute atomic E-state index is 0.207. The zero-order valence-corrected chi connectivity index (χ0v) is 19.0. The SMILES string of the molecule is COc1ccc([C@@H]2[C@@H](C(=O)NCc3ccco3)c3cc(OC)c(OC)cc3C(=O)N2C)cc1. The lowest BCUT2D eigenvalue weighted by Gasteiger charge is -2.40. The number of nitrogens with zero attached hydrogens (tertiary/aromatic N) is 1. The van der Waals surface area contributed by atoms with Crippen LogP contribution in [0.15, 0.2) is 59.2 Å². The summed E-state index contributed by atoms with van der Waals surface area (Å²) in [5.74, 6) is 1.07. The van der Waals surface area contributed by atoms with Gasteiger partial charge >= 0.3 is 0 Å². The Hall–Kier alpha value is -3.94. The highest BCUT2D eigenvalue weighted by Crippen LogP contribution is 2.45. The van der Waals surface area contributed by atoms with Crippen molar-refractivity contribution >= 4 is 11.8 Å². The molecule has 0 saturated heterocycles. The molecule has 4 rings (SSSR count). The monoisotopic (exact) mass is 450 g/mol. The molecule has 33 heavy (non-hydrogen) atoms. The lowest BCUT2D eigenvalue weighted by molar-refractivity contribution is -0.124. The van der Waals surface area contributed by atoms with Crippen LogP contribution in [0.1, 0.15) is 39.2 Å². The molecule has 0 aliphatic carbocycles. The third-order valence-corrected chi connectivity index (χ3v) is 5.93. The summed E-state index contributed by atoms with van der Waals surface area (Å²) in [6, 6.07) is 13.7. The van der Waals surface area contributed by atoms with E-state index in [1.165, 1.54) is 14.2 Å². The van der Waals surface area contributed by atoms with Crippen molar-refractivity contribution in [2.75, 3.05) is 28.4 Å². The smallest absolute Gasteiger partial charge is 0.254 e. The first-order valence-electron chi connectivity index (χ1n) is 10.5. The third-order valence-electron chi connectivity index (χ3n) is 5.93. The predicted molar refractivity (Wildman–Crippen MR) is 121 cm³/mol. The summed E-state index contributed by atoms with van der Waals surface area (Å²) >= 11 is 0. The molecule has 1 aromatic heterocycles. The molecule has 2 atom stereocenters. The highest BCUT2D eigenvalue weighted by molar-refractivity contribution is 6.02. The van der Waals surface area contributed by atoms with Gasteiger partial charge in [0, 0.05) is 12.6 Å². The van der Waals surface area contributed by atoms with Crippen molar-refractivity contribution in [3.8, 4) is 17.2 Å². The molecular weight excluding hydrogens is 424 g/mol. The molecule has 0 unspecified atom stereocenters. The molecule has 8 nitrogen and oxygen atoms in total. The second kappa shape index (κ2) is 9.28. The van der Waals surface area contributed by atoms with Crippen LogP contribution in [0.25, 0.3) is 0 Å². The molecule has 0 radical (unpaired) electrons. The van der Waals surface area contributed by atoms with Gasteiger partial charge in [0.25, 0.3) is 5.91 Å². The van der Waals surface area contributed by atoms with Crippen LogP contribution >= 0.6 is 0 Å². The summed E-state index contributed by atoms with van der Waals surface area (Å²) in [5, 5.41) is 2.95. The van der Waals surface area contributed by atoms with Gasteiger partial charge in [0.05, 0.1) is 46.1 Å². The van der Waals surface area contributed by atoms with Crippen LogP contribution in [0.2, 0.25) is 0 Å². The Morgan fingerprint density at radius 2 is 1.73 bits per heavy atom. The number of fused-ring (bicyclic) bond motifs is 1. The number of carbonyl (C=O) groups excluding carboxylic acids is 2. The number of amides is 2. The third kappa shape index (κ3) is 4.11. The fraction of sp³-hybridized carbons (Fsp3) is 0.280. The van der Waals surface area contributed by atoms with Crippen molar-refractivity contribution < 1.29 is 28.2 Å². The van der Waals surface area contributed by atoms with E-state index in [-0.39, 0.29) is 18.4 Å². The van der Waals surface area contributed by atoms with Crippen molar-refractivity contribution in [1.82, 2.24) is 10.2 Å².